The molecular formula is C14H15NO. The minimum absolute atomic E-state index is 0.615. The van der Waals surface area contributed by atoms with Crippen LogP contribution in [0.3, 0.4) is 0 Å². The van der Waals surface area contributed by atoms with Crippen molar-refractivity contribution in [3.05, 3.63) is 29.2 Å². The zero-order valence-corrected chi connectivity index (χ0v) is 9.33. The molecule has 16 heavy (non-hydrogen) atoms. The number of benzene rings is 1. The molecule has 0 spiro atoms. The summed E-state index contributed by atoms with van der Waals surface area (Å²) in [7, 11) is 0. The molecular weight excluding hydrogens is 198 g/mol. The van der Waals surface area contributed by atoms with E-state index >= 15 is 0 Å². The first-order valence-electron chi connectivity index (χ1n) is 6.32. The molecule has 2 aliphatic rings. The van der Waals surface area contributed by atoms with E-state index in [1.807, 2.05) is 0 Å². The molecule has 2 aliphatic carbocycles. The van der Waals surface area contributed by atoms with Gasteiger partial charge < -0.3 is 4.42 Å². The lowest BCUT2D eigenvalue weighted by Gasteiger charge is -2.14. The summed E-state index contributed by atoms with van der Waals surface area (Å²) in [4.78, 5) is 4.62. The van der Waals surface area contributed by atoms with Gasteiger partial charge in [0.2, 0.25) is 0 Å². The van der Waals surface area contributed by atoms with Gasteiger partial charge in [-0.2, -0.15) is 0 Å². The van der Waals surface area contributed by atoms with Crippen molar-refractivity contribution >= 4 is 11.1 Å². The smallest absolute Gasteiger partial charge is 0.198 e. The summed E-state index contributed by atoms with van der Waals surface area (Å²) in [5, 5.41) is 0. The van der Waals surface area contributed by atoms with Crippen molar-refractivity contribution in [2.24, 2.45) is 0 Å². The summed E-state index contributed by atoms with van der Waals surface area (Å²) in [5.74, 6) is 1.58. The zero-order valence-electron chi connectivity index (χ0n) is 9.33. The molecule has 0 atom stereocenters. The summed E-state index contributed by atoms with van der Waals surface area (Å²) in [6.45, 7) is 0. The summed E-state index contributed by atoms with van der Waals surface area (Å²) in [5.41, 5.74) is 5.05. The first-order chi connectivity index (χ1) is 7.90. The predicted octanol–water partition coefficient (Wildman–Crippen LogP) is 3.58. The topological polar surface area (TPSA) is 26.0 Å². The number of oxazole rings is 1. The van der Waals surface area contributed by atoms with E-state index in [-0.39, 0.29) is 0 Å². The Bertz CT molecular complexity index is 508. The largest absolute Gasteiger partial charge is 0.440 e. The second kappa shape index (κ2) is 3.09. The molecule has 2 aromatic rings. The molecule has 1 saturated carbocycles. The van der Waals surface area contributed by atoms with Crippen LogP contribution in [0.1, 0.15) is 48.6 Å². The van der Waals surface area contributed by atoms with Crippen molar-refractivity contribution in [1.82, 2.24) is 4.98 Å². The maximum absolute atomic E-state index is 5.85. The highest BCUT2D eigenvalue weighted by Gasteiger charge is 2.29. The number of aromatic nitrogens is 1. The van der Waals surface area contributed by atoms with Crippen LogP contribution in [0.15, 0.2) is 16.5 Å². The number of fused-ring (bicyclic) bond motifs is 2. The number of rotatable bonds is 1. The summed E-state index contributed by atoms with van der Waals surface area (Å²) in [6, 6.07) is 4.47. The molecule has 1 aromatic heterocycles. The Labute approximate surface area is 94.7 Å². The molecule has 2 nitrogen and oxygen atoms in total. The maximum Gasteiger partial charge on any atom is 0.198 e. The van der Waals surface area contributed by atoms with Gasteiger partial charge in [-0.1, -0.05) is 0 Å². The molecule has 0 amide bonds. The van der Waals surface area contributed by atoms with Crippen LogP contribution in [0, 0.1) is 0 Å². The Morgan fingerprint density at radius 3 is 2.56 bits per heavy atom. The fourth-order valence-electron chi connectivity index (χ4n) is 2.68. The van der Waals surface area contributed by atoms with Crippen LogP contribution < -0.4 is 0 Å². The Balaban J connectivity index is 1.89. The molecule has 0 unspecified atom stereocenters. The van der Waals surface area contributed by atoms with Gasteiger partial charge in [0.25, 0.3) is 0 Å². The Hall–Kier alpha value is -1.31. The number of nitrogens with zero attached hydrogens (tertiary/aromatic N) is 1. The second-order valence-corrected chi connectivity index (χ2v) is 5.12. The lowest BCUT2D eigenvalue weighted by Crippen LogP contribution is -2.01. The first kappa shape index (κ1) is 8.80. The lowest BCUT2D eigenvalue weighted by atomic mass is 9.91. The molecule has 0 bridgehead atoms. The van der Waals surface area contributed by atoms with Gasteiger partial charge in [0.1, 0.15) is 5.52 Å². The quantitative estimate of drug-likeness (QED) is 0.723. The van der Waals surface area contributed by atoms with Crippen LogP contribution in [-0.4, -0.2) is 4.98 Å². The monoisotopic (exact) mass is 213 g/mol. The number of hydrogen-bond donors (Lipinski definition) is 0. The van der Waals surface area contributed by atoms with Crippen molar-refractivity contribution < 1.29 is 4.42 Å². The SMILES string of the molecule is c1c2c(cc3oc(C4CC4)nc13)CCCC2. The van der Waals surface area contributed by atoms with Crippen LogP contribution in [0.5, 0.6) is 0 Å². The summed E-state index contributed by atoms with van der Waals surface area (Å²) in [6.07, 6.45) is 7.59. The van der Waals surface area contributed by atoms with Gasteiger partial charge >= 0.3 is 0 Å². The standard InChI is InChI=1S/C14H15NO/c1-2-4-11-8-13-12(7-10(11)3-1)15-14(16-13)9-5-6-9/h7-9H,1-6H2. The number of hydrogen-bond acceptors (Lipinski definition) is 2. The van der Waals surface area contributed by atoms with E-state index in [4.69, 9.17) is 4.42 Å². The highest BCUT2D eigenvalue weighted by molar-refractivity contribution is 5.75. The van der Waals surface area contributed by atoms with E-state index < -0.39 is 0 Å². The van der Waals surface area contributed by atoms with E-state index in [1.54, 1.807) is 0 Å². The van der Waals surface area contributed by atoms with Crippen molar-refractivity contribution in [3.63, 3.8) is 0 Å². The molecule has 0 N–H and O–H groups in total. The maximum atomic E-state index is 5.85. The third kappa shape index (κ3) is 1.29. The molecule has 0 saturated heterocycles. The van der Waals surface area contributed by atoms with Crippen molar-refractivity contribution in [2.45, 2.75) is 44.4 Å². The third-order valence-electron chi connectivity index (χ3n) is 3.80. The average Bonchev–Trinajstić information content (AvgIpc) is 3.07. The van der Waals surface area contributed by atoms with Gasteiger partial charge in [0.15, 0.2) is 11.5 Å². The van der Waals surface area contributed by atoms with Crippen LogP contribution in [0.4, 0.5) is 0 Å². The summed E-state index contributed by atoms with van der Waals surface area (Å²) >= 11 is 0. The summed E-state index contributed by atoms with van der Waals surface area (Å²) < 4.78 is 5.85. The molecule has 0 aliphatic heterocycles. The first-order valence-corrected chi connectivity index (χ1v) is 6.32. The Kier molecular flexibility index (Phi) is 1.70. The van der Waals surface area contributed by atoms with Crippen LogP contribution in [0.25, 0.3) is 11.1 Å². The third-order valence-corrected chi connectivity index (χ3v) is 3.80. The lowest BCUT2D eigenvalue weighted by molar-refractivity contribution is 0.532. The van der Waals surface area contributed by atoms with Crippen LogP contribution >= 0.6 is 0 Å². The molecule has 82 valence electrons. The van der Waals surface area contributed by atoms with E-state index in [0.29, 0.717) is 5.92 Å². The van der Waals surface area contributed by atoms with Gasteiger partial charge in [0, 0.05) is 5.92 Å². The molecule has 2 heteroatoms. The van der Waals surface area contributed by atoms with Crippen molar-refractivity contribution in [2.75, 3.05) is 0 Å². The van der Waals surface area contributed by atoms with Crippen LogP contribution in [0.2, 0.25) is 0 Å². The van der Waals surface area contributed by atoms with E-state index in [9.17, 15) is 0 Å². The predicted molar refractivity (Wildman–Crippen MR) is 62.6 cm³/mol. The van der Waals surface area contributed by atoms with Gasteiger partial charge in [-0.3, -0.25) is 0 Å². The van der Waals surface area contributed by atoms with Gasteiger partial charge in [-0.15, -0.1) is 0 Å². The molecule has 1 aromatic carbocycles. The van der Waals surface area contributed by atoms with E-state index in [1.165, 1.54) is 49.7 Å². The van der Waals surface area contributed by atoms with Crippen molar-refractivity contribution in [1.29, 1.82) is 0 Å². The average molecular weight is 213 g/mol. The highest BCUT2D eigenvalue weighted by atomic mass is 16.3. The fraction of sp³-hybridized carbons (Fsp3) is 0.500. The minimum atomic E-state index is 0.615. The number of aryl methyl sites for hydroxylation is 2. The van der Waals surface area contributed by atoms with Crippen LogP contribution in [-0.2, 0) is 12.8 Å². The van der Waals surface area contributed by atoms with Crippen molar-refractivity contribution in [3.8, 4) is 0 Å². The normalized spacial score (nSPS) is 20.0. The molecule has 1 fully saturated rings. The van der Waals surface area contributed by atoms with E-state index in [2.05, 4.69) is 17.1 Å². The van der Waals surface area contributed by atoms with Gasteiger partial charge in [-0.25, -0.2) is 4.98 Å². The minimum Gasteiger partial charge on any atom is -0.440 e. The Morgan fingerprint density at radius 2 is 1.81 bits per heavy atom. The second-order valence-electron chi connectivity index (χ2n) is 5.12. The molecule has 1 heterocycles. The van der Waals surface area contributed by atoms with Gasteiger partial charge in [-0.05, 0) is 61.8 Å². The molecule has 4 rings (SSSR count). The highest BCUT2D eigenvalue weighted by Crippen LogP contribution is 2.41. The zero-order chi connectivity index (χ0) is 10.5. The van der Waals surface area contributed by atoms with E-state index in [0.717, 1.165) is 17.0 Å². The fourth-order valence-corrected chi connectivity index (χ4v) is 2.68. The molecule has 0 radical (unpaired) electrons. The Morgan fingerprint density at radius 1 is 1.06 bits per heavy atom. The van der Waals surface area contributed by atoms with Gasteiger partial charge in [0.05, 0.1) is 0 Å².